The van der Waals surface area contributed by atoms with Crippen LogP contribution < -0.4 is 0 Å². The first-order valence-electron chi connectivity index (χ1n) is 4.69. The summed E-state index contributed by atoms with van der Waals surface area (Å²) in [7, 11) is 0. The minimum atomic E-state index is -1.11. The van der Waals surface area contributed by atoms with Crippen LogP contribution in [0.15, 0.2) is 12.2 Å². The minimum absolute atomic E-state index is 0.100. The zero-order chi connectivity index (χ0) is 10.3. The molecule has 0 saturated heterocycles. The number of carbonyl (C=O) groups is 1. The van der Waals surface area contributed by atoms with Crippen LogP contribution in [0.1, 0.15) is 39.0 Å². The molecule has 0 rings (SSSR count). The Hall–Kier alpha value is -0.830. The van der Waals surface area contributed by atoms with Crippen molar-refractivity contribution in [3.8, 4) is 0 Å². The molecule has 1 unspecified atom stereocenters. The fraction of sp³-hybridized carbons (Fsp3) is 0.700. The molecular weight excluding hydrogens is 168 g/mol. The Bertz CT molecular complexity index is 175. The van der Waals surface area contributed by atoms with E-state index in [1.54, 1.807) is 0 Å². The average molecular weight is 186 g/mol. The van der Waals surface area contributed by atoms with E-state index in [-0.39, 0.29) is 5.57 Å². The topological polar surface area (TPSA) is 57.5 Å². The molecule has 0 heterocycles. The van der Waals surface area contributed by atoms with E-state index in [4.69, 9.17) is 5.11 Å². The van der Waals surface area contributed by atoms with Gasteiger partial charge in [0, 0.05) is 0 Å². The summed E-state index contributed by atoms with van der Waals surface area (Å²) in [5, 5.41) is 17.8. The molecule has 0 bridgehead atoms. The fourth-order valence-corrected chi connectivity index (χ4v) is 1.08. The molecule has 2 N–H and O–H groups in total. The molecule has 0 aliphatic heterocycles. The van der Waals surface area contributed by atoms with E-state index in [0.717, 1.165) is 25.7 Å². The van der Waals surface area contributed by atoms with E-state index < -0.39 is 12.1 Å². The lowest BCUT2D eigenvalue weighted by Crippen LogP contribution is -2.16. The van der Waals surface area contributed by atoms with Gasteiger partial charge < -0.3 is 10.2 Å². The fourth-order valence-electron chi connectivity index (χ4n) is 1.08. The number of carboxylic acids is 1. The second-order valence-electron chi connectivity index (χ2n) is 3.20. The first-order chi connectivity index (χ1) is 6.09. The third-order valence-electron chi connectivity index (χ3n) is 2.01. The van der Waals surface area contributed by atoms with Crippen molar-refractivity contribution in [3.05, 3.63) is 12.2 Å². The van der Waals surface area contributed by atoms with Crippen LogP contribution in [0.5, 0.6) is 0 Å². The van der Waals surface area contributed by atoms with E-state index in [2.05, 4.69) is 13.5 Å². The lowest BCUT2D eigenvalue weighted by atomic mass is 10.0. The molecule has 3 heteroatoms. The summed E-state index contributed by atoms with van der Waals surface area (Å²) in [6, 6.07) is 0. The summed E-state index contributed by atoms with van der Waals surface area (Å²) < 4.78 is 0. The van der Waals surface area contributed by atoms with Crippen LogP contribution in [0, 0.1) is 0 Å². The van der Waals surface area contributed by atoms with Crippen molar-refractivity contribution in [2.75, 3.05) is 0 Å². The van der Waals surface area contributed by atoms with Gasteiger partial charge in [-0.05, 0) is 6.42 Å². The molecule has 0 aromatic heterocycles. The standard InChI is InChI=1S/C10H18O3/c1-3-4-5-6-7-9(11)8(2)10(12)13/h9,11H,2-7H2,1H3,(H,12,13). The molecular formula is C10H18O3. The quantitative estimate of drug-likeness (QED) is 0.472. The monoisotopic (exact) mass is 186 g/mol. The smallest absolute Gasteiger partial charge is 0.333 e. The summed E-state index contributed by atoms with van der Waals surface area (Å²) in [6.07, 6.45) is 3.80. The lowest BCUT2D eigenvalue weighted by molar-refractivity contribution is -0.133. The zero-order valence-corrected chi connectivity index (χ0v) is 8.12. The summed E-state index contributed by atoms with van der Waals surface area (Å²) in [5.41, 5.74) is -0.100. The molecule has 0 radical (unpaired) electrons. The number of hydrogen-bond acceptors (Lipinski definition) is 2. The summed E-state index contributed by atoms with van der Waals surface area (Å²) in [4.78, 5) is 10.4. The molecule has 0 aromatic carbocycles. The van der Waals surface area contributed by atoms with Gasteiger partial charge in [-0.15, -0.1) is 0 Å². The van der Waals surface area contributed by atoms with E-state index in [9.17, 15) is 9.90 Å². The molecule has 0 saturated carbocycles. The zero-order valence-electron chi connectivity index (χ0n) is 8.12. The average Bonchev–Trinajstić information content (AvgIpc) is 2.10. The first-order valence-corrected chi connectivity index (χ1v) is 4.69. The van der Waals surface area contributed by atoms with Crippen molar-refractivity contribution in [2.45, 2.75) is 45.1 Å². The largest absolute Gasteiger partial charge is 0.478 e. The highest BCUT2D eigenvalue weighted by molar-refractivity contribution is 5.86. The van der Waals surface area contributed by atoms with Gasteiger partial charge in [0.25, 0.3) is 0 Å². The van der Waals surface area contributed by atoms with Gasteiger partial charge >= 0.3 is 5.97 Å². The van der Waals surface area contributed by atoms with E-state index in [1.165, 1.54) is 0 Å². The highest BCUT2D eigenvalue weighted by Crippen LogP contribution is 2.10. The predicted molar refractivity (Wildman–Crippen MR) is 51.5 cm³/mol. The Kier molecular flexibility index (Phi) is 6.24. The maximum atomic E-state index is 10.4. The van der Waals surface area contributed by atoms with Gasteiger partial charge in [-0.1, -0.05) is 39.2 Å². The lowest BCUT2D eigenvalue weighted by Gasteiger charge is -2.09. The van der Waals surface area contributed by atoms with Crippen molar-refractivity contribution in [1.29, 1.82) is 0 Å². The normalized spacial score (nSPS) is 12.5. The van der Waals surface area contributed by atoms with E-state index in [1.807, 2.05) is 0 Å². The Morgan fingerprint density at radius 1 is 1.38 bits per heavy atom. The SMILES string of the molecule is C=C(C(=O)O)C(O)CCCCCC. The van der Waals surface area contributed by atoms with Crippen molar-refractivity contribution in [1.82, 2.24) is 0 Å². The third-order valence-corrected chi connectivity index (χ3v) is 2.01. The van der Waals surface area contributed by atoms with Crippen molar-refractivity contribution in [3.63, 3.8) is 0 Å². The van der Waals surface area contributed by atoms with E-state index >= 15 is 0 Å². The number of unbranched alkanes of at least 4 members (excludes halogenated alkanes) is 3. The molecule has 0 fully saturated rings. The molecule has 0 amide bonds. The Morgan fingerprint density at radius 3 is 2.46 bits per heavy atom. The molecule has 1 atom stereocenters. The van der Waals surface area contributed by atoms with Crippen molar-refractivity contribution >= 4 is 5.97 Å². The Morgan fingerprint density at radius 2 is 2.00 bits per heavy atom. The molecule has 0 aliphatic carbocycles. The summed E-state index contributed by atoms with van der Waals surface area (Å²) in [6.45, 7) is 5.41. The van der Waals surface area contributed by atoms with Gasteiger partial charge in [0.2, 0.25) is 0 Å². The number of carboxylic acid groups (broad SMARTS) is 1. The van der Waals surface area contributed by atoms with Gasteiger partial charge in [0.15, 0.2) is 0 Å². The van der Waals surface area contributed by atoms with Crippen LogP contribution in [0.4, 0.5) is 0 Å². The van der Waals surface area contributed by atoms with Crippen LogP contribution in [0.25, 0.3) is 0 Å². The number of rotatable bonds is 7. The van der Waals surface area contributed by atoms with Crippen LogP contribution >= 0.6 is 0 Å². The van der Waals surface area contributed by atoms with E-state index in [0.29, 0.717) is 6.42 Å². The molecule has 0 aliphatic rings. The summed E-state index contributed by atoms with van der Waals surface area (Å²) >= 11 is 0. The number of aliphatic hydroxyl groups excluding tert-OH is 1. The minimum Gasteiger partial charge on any atom is -0.478 e. The van der Waals surface area contributed by atoms with Crippen LogP contribution in [0.3, 0.4) is 0 Å². The summed E-state index contributed by atoms with van der Waals surface area (Å²) in [5.74, 6) is -1.11. The first kappa shape index (κ1) is 12.2. The van der Waals surface area contributed by atoms with Crippen molar-refractivity contribution in [2.24, 2.45) is 0 Å². The van der Waals surface area contributed by atoms with Gasteiger partial charge in [-0.25, -0.2) is 4.79 Å². The predicted octanol–water partition coefficient (Wildman–Crippen LogP) is 1.96. The molecule has 76 valence electrons. The number of aliphatic hydroxyl groups is 1. The van der Waals surface area contributed by atoms with Crippen LogP contribution in [0.2, 0.25) is 0 Å². The van der Waals surface area contributed by atoms with Crippen LogP contribution in [-0.4, -0.2) is 22.3 Å². The van der Waals surface area contributed by atoms with Crippen LogP contribution in [-0.2, 0) is 4.79 Å². The highest BCUT2D eigenvalue weighted by Gasteiger charge is 2.14. The maximum Gasteiger partial charge on any atom is 0.333 e. The maximum absolute atomic E-state index is 10.4. The third kappa shape index (κ3) is 5.42. The van der Waals surface area contributed by atoms with Gasteiger partial charge in [0.1, 0.15) is 0 Å². The van der Waals surface area contributed by atoms with Crippen molar-refractivity contribution < 1.29 is 15.0 Å². The molecule has 0 aromatic rings. The molecule has 3 nitrogen and oxygen atoms in total. The number of aliphatic carboxylic acids is 1. The molecule has 13 heavy (non-hydrogen) atoms. The second kappa shape index (κ2) is 6.66. The highest BCUT2D eigenvalue weighted by atomic mass is 16.4. The Labute approximate surface area is 79.1 Å². The van der Waals surface area contributed by atoms with Gasteiger partial charge in [-0.3, -0.25) is 0 Å². The van der Waals surface area contributed by atoms with Gasteiger partial charge in [0.05, 0.1) is 11.7 Å². The second-order valence-corrected chi connectivity index (χ2v) is 3.20. The van der Waals surface area contributed by atoms with Gasteiger partial charge in [-0.2, -0.15) is 0 Å². The Balaban J connectivity index is 3.56. The molecule has 0 spiro atoms. The number of hydrogen-bond donors (Lipinski definition) is 2.